The first-order valence-corrected chi connectivity index (χ1v) is 8.16. The molecule has 0 saturated heterocycles. The van der Waals surface area contributed by atoms with Crippen LogP contribution in [0.4, 0.5) is 5.69 Å². The number of nitrogens with one attached hydrogen (secondary N) is 1. The Kier molecular flexibility index (Phi) is 5.27. The number of carbonyl (C=O) groups is 1. The average Bonchev–Trinajstić information content (AvgIpc) is 2.49. The molecule has 0 aliphatic rings. The number of benzene rings is 2. The van der Waals surface area contributed by atoms with Crippen molar-refractivity contribution in [1.29, 1.82) is 0 Å². The van der Waals surface area contributed by atoms with Gasteiger partial charge in [-0.15, -0.1) is 11.8 Å². The lowest BCUT2D eigenvalue weighted by Gasteiger charge is -2.22. The fourth-order valence-corrected chi connectivity index (χ4v) is 2.80. The predicted molar refractivity (Wildman–Crippen MR) is 92.3 cm³/mol. The Bertz CT molecular complexity index is 650. The summed E-state index contributed by atoms with van der Waals surface area (Å²) in [5.74, 6) is -0.0882. The molecule has 0 radical (unpaired) electrons. The Hall–Kier alpha value is -1.78. The number of rotatable bonds is 5. The van der Waals surface area contributed by atoms with Gasteiger partial charge >= 0.3 is 0 Å². The number of aryl methyl sites for hydroxylation is 2. The molecule has 0 unspecified atom stereocenters. The molecule has 0 aromatic heterocycles. The van der Waals surface area contributed by atoms with E-state index in [2.05, 4.69) is 5.32 Å². The molecule has 0 fully saturated rings. The maximum absolute atomic E-state index is 12.3. The lowest BCUT2D eigenvalue weighted by atomic mass is 10.1. The largest absolute Gasteiger partial charge is 0.379 e. The van der Waals surface area contributed by atoms with Crippen LogP contribution in [0, 0.1) is 13.8 Å². The van der Waals surface area contributed by atoms with Crippen LogP contribution >= 0.6 is 11.8 Å². The molecule has 0 bridgehead atoms. The zero-order chi connectivity index (χ0) is 16.2. The number of amides is 1. The molecule has 2 N–H and O–H groups in total. The first-order valence-electron chi connectivity index (χ1n) is 7.17. The lowest BCUT2D eigenvalue weighted by molar-refractivity contribution is -0.130. The van der Waals surface area contributed by atoms with Gasteiger partial charge in [-0.3, -0.25) is 4.79 Å². The van der Waals surface area contributed by atoms with Crippen molar-refractivity contribution in [3.63, 3.8) is 0 Å². The highest BCUT2D eigenvalue weighted by atomic mass is 32.2. The molecule has 1 amide bonds. The second-order valence-corrected chi connectivity index (χ2v) is 6.69. The summed E-state index contributed by atoms with van der Waals surface area (Å²) in [6.45, 7) is 5.49. The van der Waals surface area contributed by atoms with Crippen molar-refractivity contribution in [1.82, 2.24) is 0 Å². The number of carbonyl (C=O) groups excluding carboxylic acids is 1. The van der Waals surface area contributed by atoms with Crippen LogP contribution in [0.25, 0.3) is 0 Å². The lowest BCUT2D eigenvalue weighted by Crippen LogP contribution is -2.42. The van der Waals surface area contributed by atoms with Crippen molar-refractivity contribution < 1.29 is 9.90 Å². The minimum atomic E-state index is -1.43. The third-order valence-corrected chi connectivity index (χ3v) is 4.74. The third kappa shape index (κ3) is 4.36. The Balaban J connectivity index is 1.98. The number of para-hydroxylation sites is 1. The van der Waals surface area contributed by atoms with E-state index in [9.17, 15) is 9.90 Å². The normalized spacial score (nSPS) is 13.5. The van der Waals surface area contributed by atoms with Gasteiger partial charge in [0.1, 0.15) is 5.60 Å². The number of anilines is 1. The fourth-order valence-electron chi connectivity index (χ4n) is 1.89. The van der Waals surface area contributed by atoms with Crippen LogP contribution in [0.2, 0.25) is 0 Å². The Labute approximate surface area is 135 Å². The Morgan fingerprint density at radius 1 is 1.14 bits per heavy atom. The highest BCUT2D eigenvalue weighted by Crippen LogP contribution is 2.24. The number of hydrogen-bond donors (Lipinski definition) is 2. The molecule has 4 heteroatoms. The van der Waals surface area contributed by atoms with Crippen LogP contribution in [0.5, 0.6) is 0 Å². The second-order valence-electron chi connectivity index (χ2n) is 5.64. The van der Waals surface area contributed by atoms with Crippen LogP contribution in [-0.2, 0) is 4.79 Å². The highest BCUT2D eigenvalue weighted by Gasteiger charge is 2.30. The molecule has 22 heavy (non-hydrogen) atoms. The molecule has 2 aromatic rings. The SMILES string of the molecule is Cc1ccc(SC[C@@](C)(O)C(=O)Nc2ccccc2C)cc1. The summed E-state index contributed by atoms with van der Waals surface area (Å²) in [6, 6.07) is 15.6. The standard InChI is InChI=1S/C18H21NO2S/c1-13-8-10-15(11-9-13)22-12-18(3,21)17(20)19-16-7-5-4-6-14(16)2/h4-11,21H,12H2,1-3H3,(H,19,20)/t18-/m1/s1. The summed E-state index contributed by atoms with van der Waals surface area (Å²) in [5.41, 5.74) is 1.46. The molecule has 2 rings (SSSR count). The smallest absolute Gasteiger partial charge is 0.256 e. The van der Waals surface area contributed by atoms with E-state index in [0.717, 1.165) is 16.1 Å². The van der Waals surface area contributed by atoms with Crippen molar-refractivity contribution in [3.05, 3.63) is 59.7 Å². The summed E-state index contributed by atoms with van der Waals surface area (Å²) in [5, 5.41) is 13.2. The van der Waals surface area contributed by atoms with Crippen molar-refractivity contribution in [2.24, 2.45) is 0 Å². The van der Waals surface area contributed by atoms with Crippen LogP contribution < -0.4 is 5.32 Å². The molecule has 2 aromatic carbocycles. The van der Waals surface area contributed by atoms with Gasteiger partial charge in [-0.1, -0.05) is 35.9 Å². The first kappa shape index (κ1) is 16.6. The minimum absolute atomic E-state index is 0.299. The van der Waals surface area contributed by atoms with E-state index >= 15 is 0 Å². The average molecular weight is 315 g/mol. The first-order chi connectivity index (χ1) is 10.4. The quantitative estimate of drug-likeness (QED) is 0.826. The van der Waals surface area contributed by atoms with Crippen LogP contribution in [0.1, 0.15) is 18.1 Å². The molecule has 0 heterocycles. The summed E-state index contributed by atoms with van der Waals surface area (Å²) in [7, 11) is 0. The number of aliphatic hydroxyl groups is 1. The number of thioether (sulfide) groups is 1. The van der Waals surface area contributed by atoms with Crippen LogP contribution in [0.15, 0.2) is 53.4 Å². The van der Waals surface area contributed by atoms with Crippen molar-refractivity contribution in [3.8, 4) is 0 Å². The van der Waals surface area contributed by atoms with Gasteiger partial charge in [0.15, 0.2) is 0 Å². The molecule has 0 saturated carbocycles. The van der Waals surface area contributed by atoms with E-state index < -0.39 is 5.60 Å². The zero-order valence-electron chi connectivity index (χ0n) is 13.1. The summed E-state index contributed by atoms with van der Waals surface area (Å²) in [6.07, 6.45) is 0. The predicted octanol–water partition coefficient (Wildman–Crippen LogP) is 3.79. The van der Waals surface area contributed by atoms with E-state index in [1.54, 1.807) is 6.92 Å². The molecule has 116 valence electrons. The Morgan fingerprint density at radius 2 is 1.77 bits per heavy atom. The third-order valence-electron chi connectivity index (χ3n) is 3.42. The van der Waals surface area contributed by atoms with Crippen molar-refractivity contribution >= 4 is 23.4 Å². The van der Waals surface area contributed by atoms with Gasteiger partial charge in [0, 0.05) is 16.3 Å². The summed E-state index contributed by atoms with van der Waals surface area (Å²) < 4.78 is 0. The molecular weight excluding hydrogens is 294 g/mol. The van der Waals surface area contributed by atoms with E-state index in [1.807, 2.05) is 62.4 Å². The van der Waals surface area contributed by atoms with Gasteiger partial charge in [-0.25, -0.2) is 0 Å². The van der Waals surface area contributed by atoms with Gasteiger partial charge < -0.3 is 10.4 Å². The molecular formula is C18H21NO2S. The molecule has 1 atom stereocenters. The molecule has 0 spiro atoms. The minimum Gasteiger partial charge on any atom is -0.379 e. The fraction of sp³-hybridized carbons (Fsp3) is 0.278. The zero-order valence-corrected chi connectivity index (χ0v) is 13.9. The van der Waals surface area contributed by atoms with Gasteiger partial charge in [0.2, 0.25) is 0 Å². The van der Waals surface area contributed by atoms with E-state index in [1.165, 1.54) is 17.3 Å². The van der Waals surface area contributed by atoms with Gasteiger partial charge in [0.05, 0.1) is 0 Å². The number of hydrogen-bond acceptors (Lipinski definition) is 3. The maximum Gasteiger partial charge on any atom is 0.256 e. The summed E-state index contributed by atoms with van der Waals surface area (Å²) >= 11 is 1.47. The highest BCUT2D eigenvalue weighted by molar-refractivity contribution is 7.99. The van der Waals surface area contributed by atoms with Crippen molar-refractivity contribution in [2.75, 3.05) is 11.1 Å². The van der Waals surface area contributed by atoms with E-state index in [0.29, 0.717) is 5.75 Å². The summed E-state index contributed by atoms with van der Waals surface area (Å²) in [4.78, 5) is 13.3. The topological polar surface area (TPSA) is 49.3 Å². The molecule has 0 aliphatic carbocycles. The Morgan fingerprint density at radius 3 is 2.41 bits per heavy atom. The van der Waals surface area contributed by atoms with Crippen molar-refractivity contribution in [2.45, 2.75) is 31.3 Å². The second kappa shape index (κ2) is 6.99. The molecule has 0 aliphatic heterocycles. The monoisotopic (exact) mass is 315 g/mol. The molecule has 3 nitrogen and oxygen atoms in total. The van der Waals surface area contributed by atoms with Crippen LogP contribution in [0.3, 0.4) is 0 Å². The van der Waals surface area contributed by atoms with E-state index in [-0.39, 0.29) is 5.91 Å². The van der Waals surface area contributed by atoms with E-state index in [4.69, 9.17) is 0 Å². The van der Waals surface area contributed by atoms with Gasteiger partial charge in [-0.05, 0) is 44.5 Å². The van der Waals surface area contributed by atoms with Gasteiger partial charge in [-0.2, -0.15) is 0 Å². The van der Waals surface area contributed by atoms with Crippen LogP contribution in [-0.4, -0.2) is 22.4 Å². The van der Waals surface area contributed by atoms with Gasteiger partial charge in [0.25, 0.3) is 5.91 Å². The maximum atomic E-state index is 12.3.